The Morgan fingerprint density at radius 2 is 2.07 bits per heavy atom. The van der Waals surface area contributed by atoms with Crippen molar-refractivity contribution in [1.82, 2.24) is 4.98 Å². The molecule has 0 saturated heterocycles. The van der Waals surface area contributed by atoms with Gasteiger partial charge in [-0.2, -0.15) is 0 Å². The smallest absolute Gasteiger partial charge is 0.0990 e. The Morgan fingerprint density at radius 3 is 2.67 bits per heavy atom. The van der Waals surface area contributed by atoms with Crippen molar-refractivity contribution in [3.63, 3.8) is 0 Å². The molecule has 0 bridgehead atoms. The first-order valence-electron chi connectivity index (χ1n) is 5.82. The average Bonchev–Trinajstić information content (AvgIpc) is 2.76. The van der Waals surface area contributed by atoms with Gasteiger partial charge in [0, 0.05) is 10.3 Å². The van der Waals surface area contributed by atoms with Crippen molar-refractivity contribution in [3.8, 4) is 0 Å². The molecule has 1 saturated carbocycles. The van der Waals surface area contributed by atoms with Crippen LogP contribution in [0.1, 0.15) is 48.2 Å². The number of aryl methyl sites for hydroxylation is 1. The van der Waals surface area contributed by atoms with E-state index >= 15 is 0 Å². The number of rotatable bonds is 3. The SMILES string of the molecule is Cc1nc(C2(C)CCCC2)sc1CCN. The van der Waals surface area contributed by atoms with E-state index in [0.717, 1.165) is 13.0 Å². The summed E-state index contributed by atoms with van der Waals surface area (Å²) in [5.74, 6) is 0. The van der Waals surface area contributed by atoms with Gasteiger partial charge in [-0.1, -0.05) is 19.8 Å². The van der Waals surface area contributed by atoms with Crippen LogP contribution in [-0.4, -0.2) is 11.5 Å². The van der Waals surface area contributed by atoms with Gasteiger partial charge in [-0.3, -0.25) is 0 Å². The molecule has 0 spiro atoms. The van der Waals surface area contributed by atoms with Gasteiger partial charge in [0.25, 0.3) is 0 Å². The van der Waals surface area contributed by atoms with E-state index in [9.17, 15) is 0 Å². The largest absolute Gasteiger partial charge is 0.330 e. The number of aromatic nitrogens is 1. The van der Waals surface area contributed by atoms with Gasteiger partial charge in [0.05, 0.1) is 10.7 Å². The van der Waals surface area contributed by atoms with Gasteiger partial charge in [0.1, 0.15) is 0 Å². The monoisotopic (exact) mass is 224 g/mol. The van der Waals surface area contributed by atoms with Crippen molar-refractivity contribution in [3.05, 3.63) is 15.6 Å². The summed E-state index contributed by atoms with van der Waals surface area (Å²) in [7, 11) is 0. The Kier molecular flexibility index (Phi) is 3.12. The second-order valence-electron chi connectivity index (χ2n) is 4.83. The van der Waals surface area contributed by atoms with Crippen LogP contribution in [-0.2, 0) is 11.8 Å². The maximum absolute atomic E-state index is 5.60. The highest BCUT2D eigenvalue weighted by atomic mass is 32.1. The molecular weight excluding hydrogens is 204 g/mol. The third-order valence-corrected chi connectivity index (χ3v) is 5.01. The number of nitrogens with two attached hydrogens (primary N) is 1. The number of hydrogen-bond acceptors (Lipinski definition) is 3. The van der Waals surface area contributed by atoms with E-state index in [1.165, 1.54) is 41.3 Å². The minimum absolute atomic E-state index is 0.363. The Balaban J connectivity index is 2.25. The zero-order valence-corrected chi connectivity index (χ0v) is 10.5. The summed E-state index contributed by atoms with van der Waals surface area (Å²) in [5.41, 5.74) is 7.17. The van der Waals surface area contributed by atoms with Crippen molar-refractivity contribution in [2.24, 2.45) is 5.73 Å². The highest BCUT2D eigenvalue weighted by Gasteiger charge is 2.33. The summed E-state index contributed by atoms with van der Waals surface area (Å²) in [6.45, 7) is 5.22. The molecule has 2 rings (SSSR count). The van der Waals surface area contributed by atoms with E-state index < -0.39 is 0 Å². The zero-order chi connectivity index (χ0) is 10.9. The van der Waals surface area contributed by atoms with Crippen LogP contribution in [0, 0.1) is 6.92 Å². The third kappa shape index (κ3) is 2.08. The van der Waals surface area contributed by atoms with E-state index in [-0.39, 0.29) is 0 Å². The molecule has 1 aliphatic carbocycles. The van der Waals surface area contributed by atoms with Crippen LogP contribution in [0.25, 0.3) is 0 Å². The summed E-state index contributed by atoms with van der Waals surface area (Å²) in [5, 5.41) is 1.35. The van der Waals surface area contributed by atoms with E-state index in [2.05, 4.69) is 13.8 Å². The van der Waals surface area contributed by atoms with Crippen LogP contribution in [0.5, 0.6) is 0 Å². The first kappa shape index (κ1) is 11.1. The summed E-state index contributed by atoms with van der Waals surface area (Å²) < 4.78 is 0. The fourth-order valence-corrected chi connectivity index (χ4v) is 3.70. The molecular formula is C12H20N2S. The van der Waals surface area contributed by atoms with Crippen LogP contribution in [0.3, 0.4) is 0 Å². The van der Waals surface area contributed by atoms with E-state index in [0.29, 0.717) is 5.41 Å². The minimum atomic E-state index is 0.363. The molecule has 0 radical (unpaired) electrons. The van der Waals surface area contributed by atoms with E-state index in [1.54, 1.807) is 0 Å². The highest BCUT2D eigenvalue weighted by molar-refractivity contribution is 7.11. The van der Waals surface area contributed by atoms with Crippen LogP contribution < -0.4 is 5.73 Å². The summed E-state index contributed by atoms with van der Waals surface area (Å²) in [6.07, 6.45) is 6.33. The average molecular weight is 224 g/mol. The molecule has 3 heteroatoms. The second-order valence-corrected chi connectivity index (χ2v) is 5.92. The minimum Gasteiger partial charge on any atom is -0.330 e. The maximum atomic E-state index is 5.60. The molecule has 0 aromatic carbocycles. The molecule has 0 unspecified atom stereocenters. The molecule has 1 aromatic rings. The quantitative estimate of drug-likeness (QED) is 0.857. The van der Waals surface area contributed by atoms with Crippen molar-refractivity contribution in [2.75, 3.05) is 6.54 Å². The first-order chi connectivity index (χ1) is 7.15. The Hall–Kier alpha value is -0.410. The van der Waals surface area contributed by atoms with Gasteiger partial charge in [0.2, 0.25) is 0 Å². The molecule has 1 fully saturated rings. The van der Waals surface area contributed by atoms with Gasteiger partial charge in [-0.15, -0.1) is 11.3 Å². The molecule has 1 aromatic heterocycles. The maximum Gasteiger partial charge on any atom is 0.0990 e. The van der Waals surface area contributed by atoms with Crippen LogP contribution in [0.15, 0.2) is 0 Å². The van der Waals surface area contributed by atoms with E-state index in [1.807, 2.05) is 11.3 Å². The van der Waals surface area contributed by atoms with Crippen molar-refractivity contribution >= 4 is 11.3 Å². The van der Waals surface area contributed by atoms with Crippen LogP contribution in [0.2, 0.25) is 0 Å². The lowest BCUT2D eigenvalue weighted by molar-refractivity contribution is 0.487. The summed E-state index contributed by atoms with van der Waals surface area (Å²) in [6, 6.07) is 0. The van der Waals surface area contributed by atoms with Gasteiger partial charge in [-0.25, -0.2) is 4.98 Å². The molecule has 2 nitrogen and oxygen atoms in total. The normalized spacial score (nSPS) is 19.7. The Bertz CT molecular complexity index is 337. The molecule has 2 N–H and O–H groups in total. The van der Waals surface area contributed by atoms with Gasteiger partial charge in [-0.05, 0) is 32.7 Å². The summed E-state index contributed by atoms with van der Waals surface area (Å²) >= 11 is 1.89. The molecule has 0 atom stereocenters. The third-order valence-electron chi connectivity index (χ3n) is 3.49. The Labute approximate surface area is 95.9 Å². The van der Waals surface area contributed by atoms with Crippen molar-refractivity contribution in [1.29, 1.82) is 0 Å². The van der Waals surface area contributed by atoms with Crippen LogP contribution >= 0.6 is 11.3 Å². The van der Waals surface area contributed by atoms with Gasteiger partial charge >= 0.3 is 0 Å². The second kappa shape index (κ2) is 4.22. The predicted octanol–water partition coefficient (Wildman–Crippen LogP) is 2.78. The molecule has 0 amide bonds. The first-order valence-corrected chi connectivity index (χ1v) is 6.64. The lowest BCUT2D eigenvalue weighted by Gasteiger charge is -2.19. The zero-order valence-electron chi connectivity index (χ0n) is 9.68. The van der Waals surface area contributed by atoms with Crippen molar-refractivity contribution in [2.45, 2.75) is 51.4 Å². The standard InChI is InChI=1S/C12H20N2S/c1-9-10(5-8-13)15-11(14-9)12(2)6-3-4-7-12/h3-8,13H2,1-2H3. The molecule has 0 aliphatic heterocycles. The fourth-order valence-electron chi connectivity index (χ4n) is 2.42. The number of hydrogen-bond donors (Lipinski definition) is 1. The van der Waals surface area contributed by atoms with Gasteiger partial charge < -0.3 is 5.73 Å². The lowest BCUT2D eigenvalue weighted by Crippen LogP contribution is -2.16. The highest BCUT2D eigenvalue weighted by Crippen LogP contribution is 2.42. The molecule has 1 aliphatic rings. The van der Waals surface area contributed by atoms with Crippen molar-refractivity contribution < 1.29 is 0 Å². The number of thiazole rings is 1. The fraction of sp³-hybridized carbons (Fsp3) is 0.750. The molecule has 1 heterocycles. The van der Waals surface area contributed by atoms with Crippen LogP contribution in [0.4, 0.5) is 0 Å². The van der Waals surface area contributed by atoms with Gasteiger partial charge in [0.15, 0.2) is 0 Å². The Morgan fingerprint density at radius 1 is 1.40 bits per heavy atom. The molecule has 15 heavy (non-hydrogen) atoms. The topological polar surface area (TPSA) is 38.9 Å². The van der Waals surface area contributed by atoms with E-state index in [4.69, 9.17) is 10.7 Å². The number of nitrogens with zero attached hydrogens (tertiary/aromatic N) is 1. The predicted molar refractivity (Wildman–Crippen MR) is 65.4 cm³/mol. The molecule has 84 valence electrons. The lowest BCUT2D eigenvalue weighted by atomic mass is 9.90. The summed E-state index contributed by atoms with van der Waals surface area (Å²) in [4.78, 5) is 6.14.